The van der Waals surface area contributed by atoms with Crippen LogP contribution in [-0.2, 0) is 14.8 Å². The van der Waals surface area contributed by atoms with Gasteiger partial charge in [0.2, 0.25) is 5.91 Å². The van der Waals surface area contributed by atoms with Crippen LogP contribution in [0.2, 0.25) is 0 Å². The monoisotopic (exact) mass is 364 g/mol. The number of anilines is 1. The first-order valence-electron chi connectivity index (χ1n) is 7.91. The molecule has 24 heavy (non-hydrogen) atoms. The minimum Gasteiger partial charge on any atom is -0.325 e. The Morgan fingerprint density at radius 1 is 1.25 bits per heavy atom. The van der Waals surface area contributed by atoms with Crippen molar-refractivity contribution in [2.45, 2.75) is 36.4 Å². The Hall–Kier alpha value is -1.70. The maximum atomic E-state index is 12.8. The van der Waals surface area contributed by atoms with Crippen molar-refractivity contribution in [3.05, 3.63) is 47.3 Å². The summed E-state index contributed by atoms with van der Waals surface area (Å²) in [5.41, 5.74) is 1.73. The van der Waals surface area contributed by atoms with E-state index in [1.54, 1.807) is 17.5 Å². The van der Waals surface area contributed by atoms with Crippen LogP contribution in [0, 0.1) is 6.92 Å². The predicted molar refractivity (Wildman–Crippen MR) is 95.7 cm³/mol. The molecule has 1 unspecified atom stereocenters. The highest BCUT2D eigenvalue weighted by Gasteiger charge is 2.38. The molecule has 1 aliphatic heterocycles. The molecule has 1 amide bonds. The highest BCUT2D eigenvalue weighted by Crippen LogP contribution is 2.28. The van der Waals surface area contributed by atoms with E-state index in [0.29, 0.717) is 18.7 Å². The Balaban J connectivity index is 1.83. The Bertz CT molecular complexity index is 816. The van der Waals surface area contributed by atoms with Gasteiger partial charge in [-0.15, -0.1) is 11.3 Å². The first-order chi connectivity index (χ1) is 11.5. The number of nitrogens with zero attached hydrogens (tertiary/aromatic N) is 1. The molecule has 7 heteroatoms. The number of piperidine rings is 1. The number of aryl methyl sites for hydroxylation is 1. The van der Waals surface area contributed by atoms with Crippen LogP contribution in [-0.4, -0.2) is 31.2 Å². The molecular formula is C17H20N2O3S2. The molecule has 1 aromatic heterocycles. The number of hydrogen-bond acceptors (Lipinski definition) is 4. The lowest BCUT2D eigenvalue weighted by Gasteiger charge is -2.33. The lowest BCUT2D eigenvalue weighted by atomic mass is 10.0. The Morgan fingerprint density at radius 2 is 2.08 bits per heavy atom. The third-order valence-corrected chi connectivity index (χ3v) is 7.38. The summed E-state index contributed by atoms with van der Waals surface area (Å²) in [5.74, 6) is -0.263. The van der Waals surface area contributed by atoms with Crippen molar-refractivity contribution in [2.24, 2.45) is 0 Å². The van der Waals surface area contributed by atoms with E-state index in [2.05, 4.69) is 5.32 Å². The molecule has 1 atom stereocenters. The van der Waals surface area contributed by atoms with Crippen molar-refractivity contribution in [1.29, 1.82) is 0 Å². The van der Waals surface area contributed by atoms with Gasteiger partial charge in [-0.1, -0.05) is 24.6 Å². The van der Waals surface area contributed by atoms with Crippen molar-refractivity contribution in [3.8, 4) is 0 Å². The quantitative estimate of drug-likeness (QED) is 0.906. The number of carbonyl (C=O) groups excluding carboxylic acids is 1. The third kappa shape index (κ3) is 3.53. The molecule has 1 fully saturated rings. The number of thiophene rings is 1. The van der Waals surface area contributed by atoms with E-state index in [1.165, 1.54) is 15.6 Å². The highest BCUT2D eigenvalue weighted by molar-refractivity contribution is 7.91. The molecule has 1 aromatic carbocycles. The summed E-state index contributed by atoms with van der Waals surface area (Å²) in [6.07, 6.45) is 2.17. The lowest BCUT2D eigenvalue weighted by Crippen LogP contribution is -2.49. The van der Waals surface area contributed by atoms with Crippen molar-refractivity contribution < 1.29 is 13.2 Å². The van der Waals surface area contributed by atoms with Crippen molar-refractivity contribution >= 4 is 33.0 Å². The van der Waals surface area contributed by atoms with Gasteiger partial charge in [0.05, 0.1) is 0 Å². The maximum Gasteiger partial charge on any atom is 0.253 e. The Morgan fingerprint density at radius 3 is 2.79 bits per heavy atom. The smallest absolute Gasteiger partial charge is 0.253 e. The first kappa shape index (κ1) is 17.1. The predicted octanol–water partition coefficient (Wildman–Crippen LogP) is 3.24. The largest absolute Gasteiger partial charge is 0.325 e. The SMILES string of the molecule is Cc1cccc(NC(=O)C2CCCCN2S(=O)(=O)c2cccs2)c1. The van der Waals surface area contributed by atoms with E-state index in [4.69, 9.17) is 0 Å². The number of rotatable bonds is 4. The zero-order valence-corrected chi connectivity index (χ0v) is 15.1. The molecule has 0 bridgehead atoms. The van der Waals surface area contributed by atoms with E-state index >= 15 is 0 Å². The molecule has 0 aliphatic carbocycles. The van der Waals surface area contributed by atoms with Crippen LogP contribution in [0.5, 0.6) is 0 Å². The van der Waals surface area contributed by atoms with Gasteiger partial charge in [-0.2, -0.15) is 4.31 Å². The number of nitrogens with one attached hydrogen (secondary N) is 1. The number of carbonyl (C=O) groups is 1. The average Bonchev–Trinajstić information content (AvgIpc) is 3.10. The molecule has 2 aromatic rings. The number of hydrogen-bond donors (Lipinski definition) is 1. The Labute approximate surface area is 146 Å². The van der Waals surface area contributed by atoms with Gasteiger partial charge in [0, 0.05) is 12.2 Å². The fourth-order valence-corrected chi connectivity index (χ4v) is 5.70. The van der Waals surface area contributed by atoms with Crippen molar-refractivity contribution in [3.63, 3.8) is 0 Å². The maximum absolute atomic E-state index is 12.8. The second kappa shape index (κ2) is 7.04. The van der Waals surface area contributed by atoms with Gasteiger partial charge >= 0.3 is 0 Å². The highest BCUT2D eigenvalue weighted by atomic mass is 32.2. The van der Waals surface area contributed by atoms with Gasteiger partial charge in [-0.25, -0.2) is 8.42 Å². The van der Waals surface area contributed by atoms with Gasteiger partial charge in [-0.05, 0) is 48.9 Å². The van der Waals surface area contributed by atoms with Crippen molar-refractivity contribution in [2.75, 3.05) is 11.9 Å². The molecule has 1 N–H and O–H groups in total. The van der Waals surface area contributed by atoms with Crippen LogP contribution < -0.4 is 5.32 Å². The molecule has 0 radical (unpaired) electrons. The van der Waals surface area contributed by atoms with E-state index < -0.39 is 16.1 Å². The standard InChI is InChI=1S/C17H20N2O3S2/c1-13-6-4-7-14(12-13)18-17(20)15-8-2-3-10-19(15)24(21,22)16-9-5-11-23-16/h4-7,9,11-12,15H,2-3,8,10H2,1H3,(H,18,20). The fraction of sp³-hybridized carbons (Fsp3) is 0.353. The number of sulfonamides is 1. The van der Waals surface area contributed by atoms with E-state index in [9.17, 15) is 13.2 Å². The third-order valence-electron chi connectivity index (χ3n) is 4.10. The van der Waals surface area contributed by atoms with Crippen LogP contribution in [0.4, 0.5) is 5.69 Å². The summed E-state index contributed by atoms with van der Waals surface area (Å²) >= 11 is 1.18. The van der Waals surface area contributed by atoms with E-state index in [1.807, 2.05) is 31.2 Å². The van der Waals surface area contributed by atoms with Gasteiger partial charge < -0.3 is 5.32 Å². The molecule has 128 valence electrons. The normalized spacial score (nSPS) is 19.1. The number of benzene rings is 1. The molecular weight excluding hydrogens is 344 g/mol. The second-order valence-electron chi connectivity index (χ2n) is 5.92. The zero-order chi connectivity index (χ0) is 17.2. The molecule has 3 rings (SSSR count). The lowest BCUT2D eigenvalue weighted by molar-refractivity contribution is -0.120. The van der Waals surface area contributed by atoms with E-state index in [-0.39, 0.29) is 10.1 Å². The second-order valence-corrected chi connectivity index (χ2v) is 8.98. The minimum atomic E-state index is -3.62. The summed E-state index contributed by atoms with van der Waals surface area (Å²) in [7, 11) is -3.62. The van der Waals surface area contributed by atoms with Crippen molar-refractivity contribution in [1.82, 2.24) is 4.31 Å². The summed E-state index contributed by atoms with van der Waals surface area (Å²) in [6.45, 7) is 2.33. The molecule has 1 aliphatic rings. The fourth-order valence-electron chi connectivity index (χ4n) is 2.93. The van der Waals surface area contributed by atoms with Gasteiger partial charge in [0.25, 0.3) is 10.0 Å². The summed E-state index contributed by atoms with van der Waals surface area (Å²) in [4.78, 5) is 12.7. The zero-order valence-electron chi connectivity index (χ0n) is 13.4. The average molecular weight is 364 g/mol. The summed E-state index contributed by atoms with van der Waals surface area (Å²) < 4.78 is 27.3. The summed E-state index contributed by atoms with van der Waals surface area (Å²) in [5, 5.41) is 4.59. The van der Waals surface area contributed by atoms with Crippen LogP contribution in [0.1, 0.15) is 24.8 Å². The van der Waals surface area contributed by atoms with Gasteiger partial charge in [0.15, 0.2) is 0 Å². The van der Waals surface area contributed by atoms with Crippen LogP contribution in [0.15, 0.2) is 46.0 Å². The van der Waals surface area contributed by atoms with Crippen LogP contribution >= 0.6 is 11.3 Å². The molecule has 2 heterocycles. The van der Waals surface area contributed by atoms with Gasteiger partial charge in [-0.3, -0.25) is 4.79 Å². The molecule has 0 saturated carbocycles. The van der Waals surface area contributed by atoms with E-state index in [0.717, 1.165) is 18.4 Å². The molecule has 5 nitrogen and oxygen atoms in total. The van der Waals surface area contributed by atoms with Crippen LogP contribution in [0.25, 0.3) is 0 Å². The van der Waals surface area contributed by atoms with Gasteiger partial charge in [0.1, 0.15) is 10.3 Å². The minimum absolute atomic E-state index is 0.263. The number of amides is 1. The first-order valence-corrected chi connectivity index (χ1v) is 10.2. The van der Waals surface area contributed by atoms with Crippen LogP contribution in [0.3, 0.4) is 0 Å². The molecule has 0 spiro atoms. The summed E-state index contributed by atoms with van der Waals surface area (Å²) in [6, 6.07) is 10.1. The Kier molecular flexibility index (Phi) is 5.03. The topological polar surface area (TPSA) is 66.5 Å². The molecule has 1 saturated heterocycles.